The molecule has 0 radical (unpaired) electrons. The normalized spacial score (nSPS) is 10.5. The van der Waals surface area contributed by atoms with Gasteiger partial charge in [0.1, 0.15) is 5.75 Å². The van der Waals surface area contributed by atoms with Crippen molar-refractivity contribution in [3.63, 3.8) is 0 Å². The summed E-state index contributed by atoms with van der Waals surface area (Å²) in [4.78, 5) is 11.5. The Bertz CT molecular complexity index is 485. The summed E-state index contributed by atoms with van der Waals surface area (Å²) in [5.41, 5.74) is 2.98. The van der Waals surface area contributed by atoms with Crippen LogP contribution in [0.2, 0.25) is 0 Å². The molecule has 0 aromatic heterocycles. The lowest BCUT2D eigenvalue weighted by atomic mass is 10.1. The smallest absolute Gasteiger partial charge is 0.277 e. The Morgan fingerprint density at radius 1 is 1.40 bits per heavy atom. The van der Waals surface area contributed by atoms with Crippen molar-refractivity contribution in [2.45, 2.75) is 26.7 Å². The number of nitriles is 1. The topological polar surface area (TPSA) is 74.5 Å². The molecule has 106 valence electrons. The van der Waals surface area contributed by atoms with Gasteiger partial charge in [-0.3, -0.25) is 4.79 Å². The van der Waals surface area contributed by atoms with Crippen LogP contribution in [0.1, 0.15) is 32.3 Å². The van der Waals surface area contributed by atoms with Gasteiger partial charge in [-0.1, -0.05) is 13.8 Å². The van der Waals surface area contributed by atoms with Crippen LogP contribution < -0.4 is 10.2 Å². The van der Waals surface area contributed by atoms with Crippen LogP contribution in [0.25, 0.3) is 0 Å². The predicted octanol–water partition coefficient (Wildman–Crippen LogP) is 2.48. The van der Waals surface area contributed by atoms with E-state index in [1.807, 2.05) is 6.07 Å². The molecular formula is C15H19N3O2. The third-order valence-corrected chi connectivity index (χ3v) is 2.88. The fourth-order valence-electron chi connectivity index (χ4n) is 1.52. The first-order chi connectivity index (χ1) is 9.69. The molecule has 0 fully saturated rings. The number of amides is 1. The van der Waals surface area contributed by atoms with Gasteiger partial charge in [-0.2, -0.15) is 10.4 Å². The van der Waals surface area contributed by atoms with Gasteiger partial charge in [-0.05, 0) is 43.0 Å². The number of nitrogens with zero attached hydrogens (tertiary/aromatic N) is 2. The molecule has 20 heavy (non-hydrogen) atoms. The Kier molecular flexibility index (Phi) is 6.83. The van der Waals surface area contributed by atoms with Gasteiger partial charge in [0.05, 0.1) is 11.6 Å². The number of hydrogen-bond donors (Lipinski definition) is 1. The maximum Gasteiger partial charge on any atom is 0.277 e. The summed E-state index contributed by atoms with van der Waals surface area (Å²) < 4.78 is 5.28. The predicted molar refractivity (Wildman–Crippen MR) is 77.4 cm³/mol. The number of ether oxygens (including phenoxy) is 1. The van der Waals surface area contributed by atoms with Gasteiger partial charge < -0.3 is 4.74 Å². The van der Waals surface area contributed by atoms with Crippen LogP contribution in [0, 0.1) is 17.2 Å². The van der Waals surface area contributed by atoms with Crippen LogP contribution in [0.15, 0.2) is 29.4 Å². The molecule has 1 amide bonds. The summed E-state index contributed by atoms with van der Waals surface area (Å²) in [5.74, 6) is 0.620. The molecular weight excluding hydrogens is 254 g/mol. The molecule has 0 saturated heterocycles. The van der Waals surface area contributed by atoms with Gasteiger partial charge >= 0.3 is 0 Å². The molecule has 0 heterocycles. The van der Waals surface area contributed by atoms with Crippen LogP contribution in [0.3, 0.4) is 0 Å². The lowest BCUT2D eigenvalue weighted by molar-refractivity contribution is -0.123. The van der Waals surface area contributed by atoms with Crippen molar-refractivity contribution >= 4 is 12.1 Å². The number of hydrazone groups is 1. The Labute approximate surface area is 119 Å². The average molecular weight is 273 g/mol. The van der Waals surface area contributed by atoms with Gasteiger partial charge in [0.15, 0.2) is 6.61 Å². The van der Waals surface area contributed by atoms with Crippen molar-refractivity contribution in [2.24, 2.45) is 11.0 Å². The van der Waals surface area contributed by atoms with E-state index in [1.165, 1.54) is 0 Å². The molecule has 1 N–H and O–H groups in total. The van der Waals surface area contributed by atoms with E-state index in [-0.39, 0.29) is 12.5 Å². The van der Waals surface area contributed by atoms with E-state index in [0.717, 1.165) is 12.8 Å². The molecule has 0 bridgehead atoms. The summed E-state index contributed by atoms with van der Waals surface area (Å²) >= 11 is 0. The second kappa shape index (κ2) is 8.70. The molecule has 1 aromatic rings. The van der Waals surface area contributed by atoms with E-state index in [2.05, 4.69) is 24.4 Å². The number of nitrogens with one attached hydrogen (secondary N) is 1. The highest BCUT2D eigenvalue weighted by Crippen LogP contribution is 2.11. The lowest BCUT2D eigenvalue weighted by Gasteiger charge is -2.06. The first-order valence-electron chi connectivity index (χ1n) is 6.64. The van der Waals surface area contributed by atoms with Crippen LogP contribution in [0.4, 0.5) is 0 Å². The Hall–Kier alpha value is -2.35. The molecule has 0 aliphatic heterocycles. The van der Waals surface area contributed by atoms with Crippen molar-refractivity contribution in [1.82, 2.24) is 5.43 Å². The SMILES string of the molecule is CCC(/C=N/NC(=O)COc1ccc(C#N)cc1)CC. The largest absolute Gasteiger partial charge is 0.484 e. The summed E-state index contributed by atoms with van der Waals surface area (Å²) in [7, 11) is 0. The third kappa shape index (κ3) is 5.53. The molecule has 5 nitrogen and oxygen atoms in total. The van der Waals surface area contributed by atoms with Gasteiger partial charge in [0, 0.05) is 6.21 Å². The third-order valence-electron chi connectivity index (χ3n) is 2.88. The molecule has 0 atom stereocenters. The van der Waals surface area contributed by atoms with Gasteiger partial charge in [-0.25, -0.2) is 5.43 Å². The van der Waals surface area contributed by atoms with Gasteiger partial charge in [0.2, 0.25) is 0 Å². The first kappa shape index (κ1) is 15.7. The van der Waals surface area contributed by atoms with E-state index in [1.54, 1.807) is 30.5 Å². The molecule has 1 aromatic carbocycles. The fourth-order valence-corrected chi connectivity index (χ4v) is 1.52. The van der Waals surface area contributed by atoms with Crippen molar-refractivity contribution in [2.75, 3.05) is 6.61 Å². The molecule has 0 aliphatic carbocycles. The zero-order valence-corrected chi connectivity index (χ0v) is 11.8. The molecule has 5 heteroatoms. The maximum absolute atomic E-state index is 11.5. The van der Waals surface area contributed by atoms with Crippen LogP contribution in [0.5, 0.6) is 5.75 Å². The second-order valence-electron chi connectivity index (χ2n) is 4.31. The van der Waals surface area contributed by atoms with Gasteiger partial charge in [0.25, 0.3) is 5.91 Å². The van der Waals surface area contributed by atoms with Gasteiger partial charge in [-0.15, -0.1) is 0 Å². The number of rotatable bonds is 7. The Morgan fingerprint density at radius 2 is 2.05 bits per heavy atom. The fraction of sp³-hybridized carbons (Fsp3) is 0.400. The summed E-state index contributed by atoms with van der Waals surface area (Å²) in [5, 5.41) is 12.6. The minimum Gasteiger partial charge on any atom is -0.484 e. The monoisotopic (exact) mass is 273 g/mol. The zero-order chi connectivity index (χ0) is 14.8. The molecule has 0 aliphatic rings. The Morgan fingerprint density at radius 3 is 2.60 bits per heavy atom. The highest BCUT2D eigenvalue weighted by molar-refractivity contribution is 5.78. The summed E-state index contributed by atoms with van der Waals surface area (Å²) in [6.45, 7) is 4.05. The Balaban J connectivity index is 2.34. The highest BCUT2D eigenvalue weighted by atomic mass is 16.5. The van der Waals surface area contributed by atoms with Crippen LogP contribution >= 0.6 is 0 Å². The molecule has 0 saturated carbocycles. The minimum atomic E-state index is -0.309. The van der Waals surface area contributed by atoms with E-state index in [9.17, 15) is 4.79 Å². The summed E-state index contributed by atoms with van der Waals surface area (Å²) in [6.07, 6.45) is 3.74. The standard InChI is InChI=1S/C15H19N3O2/c1-3-12(4-2)10-17-18-15(19)11-20-14-7-5-13(9-16)6-8-14/h5-8,10,12H,3-4,11H2,1-2H3,(H,18,19)/b17-10+. The number of hydrogen-bond acceptors (Lipinski definition) is 4. The number of carbonyl (C=O) groups is 1. The molecule has 0 unspecified atom stereocenters. The molecule has 0 spiro atoms. The van der Waals surface area contributed by atoms with E-state index in [0.29, 0.717) is 17.2 Å². The summed E-state index contributed by atoms with van der Waals surface area (Å²) in [6, 6.07) is 8.59. The quantitative estimate of drug-likeness (QED) is 0.612. The maximum atomic E-state index is 11.5. The van der Waals surface area contributed by atoms with Crippen molar-refractivity contribution in [3.05, 3.63) is 29.8 Å². The first-order valence-corrected chi connectivity index (χ1v) is 6.64. The lowest BCUT2D eigenvalue weighted by Crippen LogP contribution is -2.25. The molecule has 1 rings (SSSR count). The van der Waals surface area contributed by atoms with Crippen molar-refractivity contribution < 1.29 is 9.53 Å². The average Bonchev–Trinajstić information content (AvgIpc) is 2.50. The highest BCUT2D eigenvalue weighted by Gasteiger charge is 2.02. The van der Waals surface area contributed by atoms with E-state index in [4.69, 9.17) is 10.00 Å². The zero-order valence-electron chi connectivity index (χ0n) is 11.8. The van der Waals surface area contributed by atoms with E-state index < -0.39 is 0 Å². The second-order valence-corrected chi connectivity index (χ2v) is 4.31. The van der Waals surface area contributed by atoms with Crippen molar-refractivity contribution in [1.29, 1.82) is 5.26 Å². The van der Waals surface area contributed by atoms with Crippen molar-refractivity contribution in [3.8, 4) is 11.8 Å². The minimum absolute atomic E-state index is 0.105. The number of carbonyl (C=O) groups excluding carboxylic acids is 1. The van der Waals surface area contributed by atoms with Crippen LogP contribution in [-0.2, 0) is 4.79 Å². The number of benzene rings is 1. The van der Waals surface area contributed by atoms with E-state index >= 15 is 0 Å². The van der Waals surface area contributed by atoms with Crippen LogP contribution in [-0.4, -0.2) is 18.7 Å².